The highest BCUT2D eigenvalue weighted by Crippen LogP contribution is 2.18. The van der Waals surface area contributed by atoms with Crippen LogP contribution in [0.4, 0.5) is 0 Å². The number of halogens is 1. The maximum atomic E-state index is 12.2. The minimum Gasteiger partial charge on any atom is -0.337 e. The van der Waals surface area contributed by atoms with Gasteiger partial charge >= 0.3 is 0 Å². The number of hydrogen-bond donors (Lipinski definition) is 0. The number of aromatic nitrogens is 1. The first-order chi connectivity index (χ1) is 8.58. The number of hydrogen-bond acceptors (Lipinski definition) is 3. The Hall–Kier alpha value is -1.20. The van der Waals surface area contributed by atoms with Crippen LogP contribution in [-0.4, -0.2) is 22.8 Å². The average molecular weight is 325 g/mol. The van der Waals surface area contributed by atoms with Crippen LogP contribution in [0.25, 0.3) is 0 Å². The van der Waals surface area contributed by atoms with E-state index in [1.807, 2.05) is 12.4 Å². The second-order valence-electron chi connectivity index (χ2n) is 4.06. The molecular weight excluding hydrogens is 312 g/mol. The molecule has 0 aliphatic rings. The van der Waals surface area contributed by atoms with Crippen LogP contribution < -0.4 is 0 Å². The molecule has 3 nitrogen and oxygen atoms in total. The molecule has 0 bridgehead atoms. The van der Waals surface area contributed by atoms with Crippen molar-refractivity contribution in [3.05, 3.63) is 50.4 Å². The van der Waals surface area contributed by atoms with Gasteiger partial charge in [-0.3, -0.25) is 4.79 Å². The summed E-state index contributed by atoms with van der Waals surface area (Å²) in [6.45, 7) is 2.70. The molecule has 0 saturated heterocycles. The van der Waals surface area contributed by atoms with Crippen LogP contribution >= 0.6 is 27.3 Å². The fraction of sp³-hybridized carbons (Fsp3) is 0.231. The van der Waals surface area contributed by atoms with E-state index in [2.05, 4.69) is 33.9 Å². The van der Waals surface area contributed by atoms with Crippen LogP contribution in [0, 0.1) is 6.92 Å². The highest BCUT2D eigenvalue weighted by molar-refractivity contribution is 9.10. The van der Waals surface area contributed by atoms with Gasteiger partial charge in [-0.2, -0.15) is 0 Å². The van der Waals surface area contributed by atoms with Crippen molar-refractivity contribution in [2.24, 2.45) is 0 Å². The molecule has 0 atom stereocenters. The molecule has 94 valence electrons. The lowest BCUT2D eigenvalue weighted by Gasteiger charge is -2.17. The van der Waals surface area contributed by atoms with Crippen LogP contribution in [0.5, 0.6) is 0 Å². The van der Waals surface area contributed by atoms with Crippen molar-refractivity contribution in [2.75, 3.05) is 7.05 Å². The Kier molecular flexibility index (Phi) is 4.14. The molecule has 0 aliphatic carbocycles. The summed E-state index contributed by atoms with van der Waals surface area (Å²) in [6, 6.07) is 5.53. The van der Waals surface area contributed by atoms with E-state index in [0.717, 1.165) is 0 Å². The Morgan fingerprint density at radius 1 is 1.50 bits per heavy atom. The lowest BCUT2D eigenvalue weighted by molar-refractivity contribution is 0.0786. The van der Waals surface area contributed by atoms with Crippen molar-refractivity contribution in [2.45, 2.75) is 13.5 Å². The largest absolute Gasteiger partial charge is 0.337 e. The normalized spacial score (nSPS) is 10.4. The Labute approximate surface area is 119 Å². The third-order valence-electron chi connectivity index (χ3n) is 2.67. The van der Waals surface area contributed by atoms with E-state index in [9.17, 15) is 4.79 Å². The molecular formula is C13H13BrN2OS. The van der Waals surface area contributed by atoms with Crippen molar-refractivity contribution < 1.29 is 4.79 Å². The molecule has 2 aromatic rings. The summed E-state index contributed by atoms with van der Waals surface area (Å²) in [5, 5.41) is 2.05. The highest BCUT2D eigenvalue weighted by atomic mass is 79.9. The summed E-state index contributed by atoms with van der Waals surface area (Å²) < 4.78 is 0.675. The number of amides is 1. The van der Waals surface area contributed by atoms with Crippen LogP contribution in [0.3, 0.4) is 0 Å². The number of carbonyl (C=O) groups is 1. The topological polar surface area (TPSA) is 33.2 Å². The van der Waals surface area contributed by atoms with Crippen LogP contribution in [0.2, 0.25) is 0 Å². The Morgan fingerprint density at radius 3 is 2.89 bits per heavy atom. The SMILES string of the molecule is Cc1ccsc1CN(C)C(=O)c1ccnc(Br)c1. The van der Waals surface area contributed by atoms with Gasteiger partial charge in [0.2, 0.25) is 0 Å². The maximum Gasteiger partial charge on any atom is 0.254 e. The maximum absolute atomic E-state index is 12.2. The van der Waals surface area contributed by atoms with Crippen molar-refractivity contribution in [3.8, 4) is 0 Å². The highest BCUT2D eigenvalue weighted by Gasteiger charge is 2.13. The fourth-order valence-electron chi connectivity index (χ4n) is 1.61. The van der Waals surface area contributed by atoms with E-state index in [4.69, 9.17) is 0 Å². The van der Waals surface area contributed by atoms with Gasteiger partial charge < -0.3 is 4.90 Å². The second kappa shape index (κ2) is 5.63. The third-order valence-corrected chi connectivity index (χ3v) is 4.11. The first-order valence-electron chi connectivity index (χ1n) is 5.48. The van der Waals surface area contributed by atoms with Crippen molar-refractivity contribution >= 4 is 33.2 Å². The molecule has 2 heterocycles. The molecule has 18 heavy (non-hydrogen) atoms. The summed E-state index contributed by atoms with van der Waals surface area (Å²) in [5.41, 5.74) is 1.88. The van der Waals surface area contributed by atoms with Gasteiger partial charge in [0.15, 0.2) is 0 Å². The van der Waals surface area contributed by atoms with Crippen LogP contribution in [0.15, 0.2) is 34.4 Å². The van der Waals surface area contributed by atoms with Gasteiger partial charge in [0, 0.05) is 23.7 Å². The van der Waals surface area contributed by atoms with E-state index in [1.54, 1.807) is 34.6 Å². The van der Waals surface area contributed by atoms with Gasteiger partial charge in [0.25, 0.3) is 5.91 Å². The molecule has 0 unspecified atom stereocenters. The zero-order valence-corrected chi connectivity index (χ0v) is 12.6. The van der Waals surface area contributed by atoms with E-state index < -0.39 is 0 Å². The Morgan fingerprint density at radius 2 is 2.28 bits per heavy atom. The van der Waals surface area contributed by atoms with Gasteiger partial charge in [0.1, 0.15) is 4.60 Å². The predicted octanol–water partition coefficient (Wildman–Crippen LogP) is 3.49. The van der Waals surface area contributed by atoms with Crippen molar-refractivity contribution in [3.63, 3.8) is 0 Å². The number of rotatable bonds is 3. The summed E-state index contributed by atoms with van der Waals surface area (Å²) in [7, 11) is 1.82. The summed E-state index contributed by atoms with van der Waals surface area (Å²) in [4.78, 5) is 19.2. The molecule has 5 heteroatoms. The summed E-state index contributed by atoms with van der Waals surface area (Å²) in [5.74, 6) is 0.00546. The standard InChI is InChI=1S/C13H13BrN2OS/c1-9-4-6-18-11(9)8-16(2)13(17)10-3-5-15-12(14)7-10/h3-7H,8H2,1-2H3. The summed E-state index contributed by atoms with van der Waals surface area (Å²) >= 11 is 4.95. The number of nitrogens with zero attached hydrogens (tertiary/aromatic N) is 2. The molecule has 0 spiro atoms. The van der Waals surface area contributed by atoms with E-state index in [0.29, 0.717) is 16.7 Å². The van der Waals surface area contributed by atoms with Gasteiger partial charge in [-0.25, -0.2) is 4.98 Å². The lowest BCUT2D eigenvalue weighted by Crippen LogP contribution is -2.26. The molecule has 0 saturated carbocycles. The molecule has 0 fully saturated rings. The van der Waals surface area contributed by atoms with Crippen LogP contribution in [0.1, 0.15) is 20.8 Å². The minimum atomic E-state index is 0.00546. The van der Waals surface area contributed by atoms with Gasteiger partial charge in [-0.1, -0.05) is 0 Å². The first-order valence-corrected chi connectivity index (χ1v) is 7.15. The summed E-state index contributed by atoms with van der Waals surface area (Å²) in [6.07, 6.45) is 1.63. The predicted molar refractivity (Wildman–Crippen MR) is 76.8 cm³/mol. The quantitative estimate of drug-likeness (QED) is 0.810. The average Bonchev–Trinajstić information content (AvgIpc) is 2.74. The first kappa shape index (κ1) is 13.2. The van der Waals surface area contributed by atoms with Gasteiger partial charge in [0.05, 0.1) is 6.54 Å². The molecule has 0 radical (unpaired) electrons. The molecule has 1 amide bonds. The number of carbonyl (C=O) groups excluding carboxylic acids is 1. The van der Waals surface area contributed by atoms with E-state index >= 15 is 0 Å². The van der Waals surface area contributed by atoms with Crippen molar-refractivity contribution in [1.82, 2.24) is 9.88 Å². The lowest BCUT2D eigenvalue weighted by atomic mass is 10.2. The Bertz CT molecular complexity index is 568. The monoisotopic (exact) mass is 324 g/mol. The second-order valence-corrected chi connectivity index (χ2v) is 5.87. The van der Waals surface area contributed by atoms with E-state index in [-0.39, 0.29) is 5.91 Å². The third kappa shape index (κ3) is 2.97. The minimum absolute atomic E-state index is 0.00546. The zero-order chi connectivity index (χ0) is 13.1. The smallest absolute Gasteiger partial charge is 0.254 e. The number of thiophene rings is 1. The fourth-order valence-corrected chi connectivity index (χ4v) is 2.93. The number of pyridine rings is 1. The molecule has 2 rings (SSSR count). The number of aryl methyl sites for hydroxylation is 1. The molecule has 0 aliphatic heterocycles. The van der Waals surface area contributed by atoms with Crippen molar-refractivity contribution in [1.29, 1.82) is 0 Å². The van der Waals surface area contributed by atoms with Gasteiger partial charge in [-0.05, 0) is 52.0 Å². The molecule has 0 N–H and O–H groups in total. The molecule has 2 aromatic heterocycles. The zero-order valence-electron chi connectivity index (χ0n) is 10.2. The Balaban J connectivity index is 2.12. The van der Waals surface area contributed by atoms with Gasteiger partial charge in [-0.15, -0.1) is 11.3 Å². The van der Waals surface area contributed by atoms with E-state index in [1.165, 1.54) is 10.4 Å². The molecule has 0 aromatic carbocycles. The van der Waals surface area contributed by atoms with Crippen LogP contribution in [-0.2, 0) is 6.54 Å².